The standard InChI is InChI=1S/C12H24N4O3S/c1-10-5-4-7-15(9-10)20(18,19)16-8-3-2-6-11(16)12(13)14-17/h10-11,17H,2-9H2,1H3,(H2,13,14). The van der Waals surface area contributed by atoms with Crippen LogP contribution in [-0.4, -0.2) is 53.7 Å². The average Bonchev–Trinajstić information content (AvgIpc) is 2.46. The Bertz CT molecular complexity index is 465. The lowest BCUT2D eigenvalue weighted by molar-refractivity contribution is 0.231. The Labute approximate surface area is 120 Å². The van der Waals surface area contributed by atoms with E-state index in [1.54, 1.807) is 4.31 Å². The van der Waals surface area contributed by atoms with Gasteiger partial charge in [-0.1, -0.05) is 18.5 Å². The van der Waals surface area contributed by atoms with Crippen LogP contribution in [0.1, 0.15) is 39.0 Å². The Morgan fingerprint density at radius 3 is 2.65 bits per heavy atom. The van der Waals surface area contributed by atoms with Crippen molar-refractivity contribution >= 4 is 16.0 Å². The van der Waals surface area contributed by atoms with Crippen LogP contribution in [0.2, 0.25) is 0 Å². The number of nitrogens with two attached hydrogens (primary N) is 1. The minimum atomic E-state index is -3.53. The van der Waals surface area contributed by atoms with Gasteiger partial charge in [-0.3, -0.25) is 0 Å². The fourth-order valence-corrected chi connectivity index (χ4v) is 5.04. The molecule has 116 valence electrons. The molecule has 8 heteroatoms. The Kier molecular flexibility index (Phi) is 4.87. The summed E-state index contributed by atoms with van der Waals surface area (Å²) in [7, 11) is -3.53. The molecule has 0 aromatic heterocycles. The minimum Gasteiger partial charge on any atom is -0.409 e. The molecule has 2 atom stereocenters. The van der Waals surface area contributed by atoms with E-state index in [1.165, 1.54) is 4.31 Å². The van der Waals surface area contributed by atoms with E-state index >= 15 is 0 Å². The van der Waals surface area contributed by atoms with Gasteiger partial charge in [0.2, 0.25) is 0 Å². The first-order valence-corrected chi connectivity index (χ1v) is 8.61. The van der Waals surface area contributed by atoms with Crippen molar-refractivity contribution in [1.82, 2.24) is 8.61 Å². The summed E-state index contributed by atoms with van der Waals surface area (Å²) < 4.78 is 28.5. The summed E-state index contributed by atoms with van der Waals surface area (Å²) in [5.74, 6) is 0.365. The van der Waals surface area contributed by atoms with Crippen molar-refractivity contribution in [2.24, 2.45) is 16.8 Å². The lowest BCUT2D eigenvalue weighted by Crippen LogP contribution is -2.56. The van der Waals surface area contributed by atoms with Crippen LogP contribution in [0.25, 0.3) is 0 Å². The van der Waals surface area contributed by atoms with Crippen molar-refractivity contribution in [3.05, 3.63) is 0 Å². The second-order valence-electron chi connectivity index (χ2n) is 5.76. The summed E-state index contributed by atoms with van der Waals surface area (Å²) >= 11 is 0. The molecule has 0 aromatic carbocycles. The highest BCUT2D eigenvalue weighted by Crippen LogP contribution is 2.26. The molecule has 2 saturated heterocycles. The van der Waals surface area contributed by atoms with Gasteiger partial charge >= 0.3 is 0 Å². The van der Waals surface area contributed by atoms with E-state index in [2.05, 4.69) is 12.1 Å². The summed E-state index contributed by atoms with van der Waals surface area (Å²) in [4.78, 5) is 0. The van der Waals surface area contributed by atoms with Gasteiger partial charge in [-0.2, -0.15) is 17.0 Å². The number of hydrogen-bond donors (Lipinski definition) is 2. The summed E-state index contributed by atoms with van der Waals surface area (Å²) in [5.41, 5.74) is 5.67. The molecule has 2 aliphatic heterocycles. The van der Waals surface area contributed by atoms with Crippen LogP contribution in [-0.2, 0) is 10.2 Å². The second-order valence-corrected chi connectivity index (χ2v) is 7.64. The maximum absolute atomic E-state index is 12.8. The average molecular weight is 304 g/mol. The van der Waals surface area contributed by atoms with Gasteiger partial charge in [0.15, 0.2) is 5.84 Å². The highest BCUT2D eigenvalue weighted by atomic mass is 32.2. The first-order chi connectivity index (χ1) is 9.46. The monoisotopic (exact) mass is 304 g/mol. The Balaban J connectivity index is 2.21. The normalized spacial score (nSPS) is 31.4. The van der Waals surface area contributed by atoms with Gasteiger partial charge in [0, 0.05) is 19.6 Å². The van der Waals surface area contributed by atoms with E-state index in [0.29, 0.717) is 32.0 Å². The SMILES string of the molecule is CC1CCCN(S(=O)(=O)N2CCCCC2C(N)=NO)C1. The van der Waals surface area contributed by atoms with Gasteiger partial charge in [-0.15, -0.1) is 0 Å². The van der Waals surface area contributed by atoms with Crippen molar-refractivity contribution in [2.45, 2.75) is 45.1 Å². The number of hydrogen-bond acceptors (Lipinski definition) is 4. The van der Waals surface area contributed by atoms with Gasteiger partial charge in [0.05, 0.1) is 6.04 Å². The van der Waals surface area contributed by atoms with Crippen molar-refractivity contribution in [2.75, 3.05) is 19.6 Å². The zero-order valence-corrected chi connectivity index (χ0v) is 12.7. The molecule has 0 aromatic rings. The molecule has 0 saturated carbocycles. The summed E-state index contributed by atoms with van der Waals surface area (Å²) in [6, 6.07) is -0.518. The van der Waals surface area contributed by atoms with E-state index in [9.17, 15) is 8.42 Å². The van der Waals surface area contributed by atoms with Crippen LogP contribution < -0.4 is 5.73 Å². The summed E-state index contributed by atoms with van der Waals surface area (Å²) in [6.45, 7) is 3.63. The maximum Gasteiger partial charge on any atom is 0.282 e. The molecule has 2 rings (SSSR count). The van der Waals surface area contributed by atoms with Gasteiger partial charge in [0.1, 0.15) is 0 Å². The van der Waals surface area contributed by atoms with Crippen LogP contribution in [0.5, 0.6) is 0 Å². The molecule has 0 aliphatic carbocycles. The molecule has 3 N–H and O–H groups in total. The zero-order chi connectivity index (χ0) is 14.8. The van der Waals surface area contributed by atoms with E-state index in [0.717, 1.165) is 25.7 Å². The number of rotatable bonds is 3. The van der Waals surface area contributed by atoms with Crippen molar-refractivity contribution in [3.63, 3.8) is 0 Å². The lowest BCUT2D eigenvalue weighted by atomic mass is 10.0. The lowest BCUT2D eigenvalue weighted by Gasteiger charge is -2.39. The minimum absolute atomic E-state index is 0.0154. The smallest absolute Gasteiger partial charge is 0.282 e. The third kappa shape index (κ3) is 3.07. The van der Waals surface area contributed by atoms with Crippen molar-refractivity contribution in [1.29, 1.82) is 0 Å². The van der Waals surface area contributed by atoms with Crippen molar-refractivity contribution < 1.29 is 13.6 Å². The number of amidine groups is 1. The summed E-state index contributed by atoms with van der Waals surface area (Å²) in [5, 5.41) is 11.9. The van der Waals surface area contributed by atoms with E-state index in [1.807, 2.05) is 0 Å². The fourth-order valence-electron chi connectivity index (χ4n) is 3.05. The molecule has 2 heterocycles. The van der Waals surface area contributed by atoms with Crippen LogP contribution in [0.3, 0.4) is 0 Å². The number of piperidine rings is 2. The largest absolute Gasteiger partial charge is 0.409 e. The van der Waals surface area contributed by atoms with Crippen LogP contribution in [0.15, 0.2) is 5.16 Å². The molecular weight excluding hydrogens is 280 g/mol. The van der Waals surface area contributed by atoms with Gasteiger partial charge in [-0.05, 0) is 31.6 Å². The molecule has 0 radical (unpaired) electrons. The molecule has 2 fully saturated rings. The predicted octanol–water partition coefficient (Wildman–Crippen LogP) is 0.564. The molecule has 20 heavy (non-hydrogen) atoms. The first kappa shape index (κ1) is 15.5. The van der Waals surface area contributed by atoms with Gasteiger partial charge in [0.25, 0.3) is 10.2 Å². The first-order valence-electron chi connectivity index (χ1n) is 7.21. The number of nitrogens with zero attached hydrogens (tertiary/aromatic N) is 3. The Hall–Kier alpha value is -0.860. The Morgan fingerprint density at radius 2 is 2.00 bits per heavy atom. The molecule has 2 aliphatic rings. The second kappa shape index (κ2) is 6.28. The van der Waals surface area contributed by atoms with Gasteiger partial charge in [-0.25, -0.2) is 0 Å². The predicted molar refractivity (Wildman–Crippen MR) is 76.6 cm³/mol. The van der Waals surface area contributed by atoms with E-state index < -0.39 is 16.3 Å². The molecule has 7 nitrogen and oxygen atoms in total. The van der Waals surface area contributed by atoms with E-state index in [4.69, 9.17) is 10.9 Å². The summed E-state index contributed by atoms with van der Waals surface area (Å²) in [6.07, 6.45) is 4.28. The molecule has 0 spiro atoms. The Morgan fingerprint density at radius 1 is 1.25 bits per heavy atom. The third-order valence-electron chi connectivity index (χ3n) is 4.15. The molecule has 2 unspecified atom stereocenters. The van der Waals surface area contributed by atoms with E-state index in [-0.39, 0.29) is 5.84 Å². The maximum atomic E-state index is 12.8. The quantitative estimate of drug-likeness (QED) is 0.344. The molecule has 0 amide bonds. The fraction of sp³-hybridized carbons (Fsp3) is 0.917. The van der Waals surface area contributed by atoms with Crippen LogP contribution >= 0.6 is 0 Å². The highest BCUT2D eigenvalue weighted by Gasteiger charge is 2.39. The zero-order valence-electron chi connectivity index (χ0n) is 11.9. The molecule has 0 bridgehead atoms. The van der Waals surface area contributed by atoms with Crippen LogP contribution in [0, 0.1) is 5.92 Å². The molecular formula is C12H24N4O3S. The third-order valence-corrected chi connectivity index (χ3v) is 6.17. The van der Waals surface area contributed by atoms with Crippen molar-refractivity contribution in [3.8, 4) is 0 Å². The highest BCUT2D eigenvalue weighted by molar-refractivity contribution is 7.86. The van der Waals surface area contributed by atoms with Gasteiger partial charge < -0.3 is 10.9 Å². The topological polar surface area (TPSA) is 99.2 Å². The number of oxime groups is 1. The van der Waals surface area contributed by atoms with Crippen LogP contribution in [0.4, 0.5) is 0 Å².